The summed E-state index contributed by atoms with van der Waals surface area (Å²) in [6.07, 6.45) is 2.34. The Morgan fingerprint density at radius 2 is 1.78 bits per heavy atom. The Hall–Kier alpha value is -2.92. The first-order chi connectivity index (χ1) is 16.8. The van der Waals surface area contributed by atoms with Gasteiger partial charge in [0.2, 0.25) is 20.0 Å². The summed E-state index contributed by atoms with van der Waals surface area (Å²) >= 11 is 0. The lowest BCUT2D eigenvalue weighted by molar-refractivity contribution is 0.0528. The fourth-order valence-electron chi connectivity index (χ4n) is 4.26. The minimum Gasteiger partial charge on any atom is -0.462 e. The molecular formula is C25H28FNO7S2. The van der Waals surface area contributed by atoms with E-state index in [0.717, 1.165) is 19.1 Å². The molecule has 0 amide bonds. The minimum atomic E-state index is -4.24. The SMILES string of the molecule is CCOC(=O)c1c(-c2ccc(F)cc2)oc2cc(N(S(C)(=O)=O)S(=O)(=O)CC(C)C)c(C3CC3)cc12. The second kappa shape index (κ2) is 9.51. The molecule has 3 aromatic rings. The van der Waals surface area contributed by atoms with Gasteiger partial charge in [-0.1, -0.05) is 13.8 Å². The maximum absolute atomic E-state index is 13.5. The molecule has 1 saturated carbocycles. The van der Waals surface area contributed by atoms with E-state index in [9.17, 15) is 26.0 Å². The van der Waals surface area contributed by atoms with Crippen LogP contribution in [0, 0.1) is 11.7 Å². The van der Waals surface area contributed by atoms with Gasteiger partial charge in [0.15, 0.2) is 0 Å². The van der Waals surface area contributed by atoms with Gasteiger partial charge >= 0.3 is 5.97 Å². The molecule has 0 atom stereocenters. The first-order valence-electron chi connectivity index (χ1n) is 11.6. The zero-order valence-electron chi connectivity index (χ0n) is 20.4. The summed E-state index contributed by atoms with van der Waals surface area (Å²) < 4.78 is 77.4. The van der Waals surface area contributed by atoms with Crippen LogP contribution in [0.15, 0.2) is 40.8 Å². The van der Waals surface area contributed by atoms with E-state index < -0.39 is 31.8 Å². The molecule has 36 heavy (non-hydrogen) atoms. The van der Waals surface area contributed by atoms with Crippen molar-refractivity contribution >= 4 is 42.7 Å². The summed E-state index contributed by atoms with van der Waals surface area (Å²) in [7, 11) is -8.48. The average molecular weight is 538 g/mol. The average Bonchev–Trinajstić information content (AvgIpc) is 3.52. The van der Waals surface area contributed by atoms with Crippen LogP contribution >= 0.6 is 0 Å². The molecule has 194 valence electrons. The van der Waals surface area contributed by atoms with Crippen molar-refractivity contribution in [1.82, 2.24) is 0 Å². The lowest BCUT2D eigenvalue weighted by Gasteiger charge is -2.25. The molecule has 1 aliphatic carbocycles. The Morgan fingerprint density at radius 3 is 2.31 bits per heavy atom. The lowest BCUT2D eigenvalue weighted by atomic mass is 10.0. The number of fused-ring (bicyclic) bond motifs is 1. The third-order valence-corrected chi connectivity index (χ3v) is 9.82. The van der Waals surface area contributed by atoms with Crippen molar-refractivity contribution in [2.24, 2.45) is 5.92 Å². The van der Waals surface area contributed by atoms with Crippen molar-refractivity contribution in [2.75, 3.05) is 22.3 Å². The van der Waals surface area contributed by atoms with Crippen LogP contribution in [0.25, 0.3) is 22.3 Å². The summed E-state index contributed by atoms with van der Waals surface area (Å²) in [4.78, 5) is 13.0. The monoisotopic (exact) mass is 537 g/mol. The number of furan rings is 1. The lowest BCUT2D eigenvalue weighted by Crippen LogP contribution is -2.39. The molecule has 0 N–H and O–H groups in total. The maximum atomic E-state index is 13.5. The van der Waals surface area contributed by atoms with Gasteiger partial charge in [-0.2, -0.15) is 3.71 Å². The van der Waals surface area contributed by atoms with E-state index in [-0.39, 0.29) is 46.8 Å². The summed E-state index contributed by atoms with van der Waals surface area (Å²) in [6, 6.07) is 8.33. The minimum absolute atomic E-state index is 0.0111. The van der Waals surface area contributed by atoms with E-state index in [1.807, 2.05) is 0 Å². The van der Waals surface area contributed by atoms with Gasteiger partial charge in [-0.15, -0.1) is 0 Å². The summed E-state index contributed by atoms with van der Waals surface area (Å²) in [5.74, 6) is -1.74. The van der Waals surface area contributed by atoms with Crippen molar-refractivity contribution in [3.05, 3.63) is 53.3 Å². The number of halogens is 1. The molecule has 0 unspecified atom stereocenters. The largest absolute Gasteiger partial charge is 0.462 e. The first kappa shape index (κ1) is 26.2. The van der Waals surface area contributed by atoms with Gasteiger partial charge in [0.05, 0.1) is 24.3 Å². The second-order valence-corrected chi connectivity index (χ2v) is 13.3. The molecule has 2 aromatic carbocycles. The Kier molecular flexibility index (Phi) is 6.91. The van der Waals surface area contributed by atoms with E-state index in [0.29, 0.717) is 20.2 Å². The van der Waals surface area contributed by atoms with E-state index in [1.54, 1.807) is 26.8 Å². The Balaban J connectivity index is 2.03. The summed E-state index contributed by atoms with van der Waals surface area (Å²) in [5, 5.41) is 0.369. The molecule has 0 radical (unpaired) electrons. The van der Waals surface area contributed by atoms with Gasteiger partial charge in [0.25, 0.3) is 0 Å². The Morgan fingerprint density at radius 1 is 1.14 bits per heavy atom. The van der Waals surface area contributed by atoms with Crippen LogP contribution < -0.4 is 3.71 Å². The fraction of sp³-hybridized carbons (Fsp3) is 0.400. The molecular weight excluding hydrogens is 509 g/mol. The van der Waals surface area contributed by atoms with E-state index >= 15 is 0 Å². The molecule has 1 fully saturated rings. The number of nitrogens with zero attached hydrogens (tertiary/aromatic N) is 1. The summed E-state index contributed by atoms with van der Waals surface area (Å²) in [5.41, 5.74) is 1.13. The Labute approximate surface area is 210 Å². The molecule has 4 rings (SSSR count). The molecule has 8 nitrogen and oxygen atoms in total. The van der Waals surface area contributed by atoms with Crippen molar-refractivity contribution in [2.45, 2.75) is 39.5 Å². The standard InChI is InChI=1S/C25H28FNO7S2/c1-5-33-25(28)23-20-12-19(16-6-7-16)21(27(35(4,29)30)36(31,32)14-15(2)3)13-22(20)34-24(23)17-8-10-18(26)11-9-17/h8-13,15-16H,5-7,14H2,1-4H3. The zero-order chi connectivity index (χ0) is 26.4. The summed E-state index contributed by atoms with van der Waals surface area (Å²) in [6.45, 7) is 5.15. The van der Waals surface area contributed by atoms with Gasteiger partial charge in [0, 0.05) is 17.0 Å². The molecule has 11 heteroatoms. The fourth-order valence-corrected chi connectivity index (χ4v) is 8.05. The van der Waals surface area contributed by atoms with Crippen LogP contribution in [0.5, 0.6) is 0 Å². The third-order valence-electron chi connectivity index (χ3n) is 5.73. The third kappa shape index (κ3) is 5.12. The number of ether oxygens (including phenoxy) is 1. The van der Waals surface area contributed by atoms with Gasteiger partial charge in [0.1, 0.15) is 22.7 Å². The highest BCUT2D eigenvalue weighted by molar-refractivity contribution is 8.09. The molecule has 0 spiro atoms. The van der Waals surface area contributed by atoms with E-state index in [4.69, 9.17) is 9.15 Å². The number of hydrogen-bond acceptors (Lipinski definition) is 7. The van der Waals surface area contributed by atoms with Gasteiger partial charge < -0.3 is 9.15 Å². The number of carbonyl (C=O) groups excluding carboxylic acids is 1. The van der Waals surface area contributed by atoms with Gasteiger partial charge in [-0.05, 0) is 67.5 Å². The van der Waals surface area contributed by atoms with Crippen LogP contribution in [-0.2, 0) is 24.8 Å². The number of esters is 1. The number of benzene rings is 2. The highest BCUT2D eigenvalue weighted by atomic mass is 32.3. The van der Waals surface area contributed by atoms with Crippen LogP contribution in [0.2, 0.25) is 0 Å². The number of hydrogen-bond donors (Lipinski definition) is 0. The molecule has 1 aromatic heterocycles. The quantitative estimate of drug-likeness (QED) is 0.351. The molecule has 1 heterocycles. The van der Waals surface area contributed by atoms with Gasteiger partial charge in [-0.3, -0.25) is 0 Å². The smallest absolute Gasteiger partial charge is 0.342 e. The molecule has 0 bridgehead atoms. The van der Waals surface area contributed by atoms with Crippen LogP contribution in [-0.4, -0.2) is 41.4 Å². The molecule has 0 saturated heterocycles. The number of anilines is 1. The predicted molar refractivity (Wildman–Crippen MR) is 135 cm³/mol. The molecule has 1 aliphatic rings. The van der Waals surface area contributed by atoms with Gasteiger partial charge in [-0.25, -0.2) is 26.0 Å². The zero-order valence-corrected chi connectivity index (χ0v) is 22.1. The molecule has 0 aliphatic heterocycles. The van der Waals surface area contributed by atoms with Crippen LogP contribution in [0.4, 0.5) is 10.1 Å². The van der Waals surface area contributed by atoms with Crippen molar-refractivity contribution in [3.63, 3.8) is 0 Å². The number of sulfonamides is 2. The maximum Gasteiger partial charge on any atom is 0.342 e. The second-order valence-electron chi connectivity index (χ2n) is 9.35. The number of carbonyl (C=O) groups is 1. The highest BCUT2D eigenvalue weighted by Gasteiger charge is 2.38. The van der Waals surface area contributed by atoms with E-state index in [1.165, 1.54) is 30.3 Å². The number of rotatable bonds is 9. The first-order valence-corrected chi connectivity index (χ1v) is 15.1. The predicted octanol–water partition coefficient (Wildman–Crippen LogP) is 5.04. The van der Waals surface area contributed by atoms with Crippen molar-refractivity contribution in [1.29, 1.82) is 0 Å². The van der Waals surface area contributed by atoms with Crippen molar-refractivity contribution in [3.8, 4) is 11.3 Å². The van der Waals surface area contributed by atoms with E-state index in [2.05, 4.69) is 0 Å². The van der Waals surface area contributed by atoms with Crippen molar-refractivity contribution < 1.29 is 35.2 Å². The normalized spacial score (nSPS) is 14.4. The van der Waals surface area contributed by atoms with Crippen LogP contribution in [0.1, 0.15) is 55.5 Å². The topological polar surface area (TPSA) is 111 Å². The highest BCUT2D eigenvalue weighted by Crippen LogP contribution is 2.48. The Bertz CT molecular complexity index is 1520. The van der Waals surface area contributed by atoms with Crippen LogP contribution in [0.3, 0.4) is 0 Å².